The van der Waals surface area contributed by atoms with Crippen LogP contribution in [0.3, 0.4) is 0 Å². The van der Waals surface area contributed by atoms with Crippen LogP contribution in [-0.4, -0.2) is 43.2 Å². The second-order valence-electron chi connectivity index (χ2n) is 8.11. The van der Waals surface area contributed by atoms with Gasteiger partial charge >= 0.3 is 5.97 Å². The number of nitrogens with one attached hydrogen (secondary N) is 2. The maximum absolute atomic E-state index is 12.8. The fraction of sp³-hybridized carbons (Fsp3) is 0.308. The number of rotatable bonds is 9. The molecule has 0 unspecified atom stereocenters. The highest BCUT2D eigenvalue weighted by Gasteiger charge is 2.23. The Hall–Kier alpha value is -3.13. The normalized spacial score (nSPS) is 16.2. The lowest BCUT2D eigenvalue weighted by molar-refractivity contribution is -0.144. The SMILES string of the molecule is CCOC(=O)[C@@H](Cc1ccc2ccc(C=NNO)cc2c1)c1ccc(O[C@H]2CCNC2)cc1.Cl. The molecule has 34 heavy (non-hydrogen) atoms. The maximum atomic E-state index is 12.8. The lowest BCUT2D eigenvalue weighted by atomic mass is 9.91. The number of halogens is 1. The zero-order valence-corrected chi connectivity index (χ0v) is 19.9. The van der Waals surface area contributed by atoms with E-state index in [0.717, 1.165) is 52.7 Å². The number of hydrogen-bond donors (Lipinski definition) is 3. The van der Waals surface area contributed by atoms with Gasteiger partial charge in [0.25, 0.3) is 0 Å². The van der Waals surface area contributed by atoms with Gasteiger partial charge < -0.3 is 14.8 Å². The van der Waals surface area contributed by atoms with Gasteiger partial charge in [-0.2, -0.15) is 10.7 Å². The number of benzene rings is 3. The number of carbonyl (C=O) groups excluding carboxylic acids is 1. The minimum Gasteiger partial charge on any atom is -0.489 e. The topological polar surface area (TPSA) is 92.2 Å². The van der Waals surface area contributed by atoms with Gasteiger partial charge in [0, 0.05) is 6.54 Å². The Bertz CT molecular complexity index is 1110. The van der Waals surface area contributed by atoms with Crippen LogP contribution in [0.5, 0.6) is 5.75 Å². The van der Waals surface area contributed by atoms with Crippen molar-refractivity contribution in [3.63, 3.8) is 0 Å². The van der Waals surface area contributed by atoms with Gasteiger partial charge in [0.05, 0.1) is 18.7 Å². The zero-order chi connectivity index (χ0) is 23.0. The predicted octanol–water partition coefficient (Wildman–Crippen LogP) is 4.20. The predicted molar refractivity (Wildman–Crippen MR) is 135 cm³/mol. The van der Waals surface area contributed by atoms with E-state index in [4.69, 9.17) is 14.7 Å². The quantitative estimate of drug-likeness (QED) is 0.240. The summed E-state index contributed by atoms with van der Waals surface area (Å²) in [5.74, 6) is 0.168. The monoisotopic (exact) mass is 483 g/mol. The van der Waals surface area contributed by atoms with Crippen LogP contribution < -0.4 is 15.6 Å². The van der Waals surface area contributed by atoms with Gasteiger partial charge in [0.2, 0.25) is 0 Å². The van der Waals surface area contributed by atoms with Crippen LogP contribution in [0.4, 0.5) is 0 Å². The van der Waals surface area contributed by atoms with Crippen LogP contribution in [0.25, 0.3) is 10.8 Å². The van der Waals surface area contributed by atoms with E-state index in [0.29, 0.717) is 13.0 Å². The fourth-order valence-electron chi connectivity index (χ4n) is 4.14. The standard InChI is InChI=1S/C26H29N3O4.ClH/c1-2-32-26(30)25(21-7-9-23(10-8-21)33-24-11-12-27-17-24)15-18-3-5-20-6-4-19(16-28-29-31)14-22(20)13-18;/h3-10,13-14,16,24-25,27,29,31H,2,11-12,15,17H2,1H3;1H/t24-,25-;/m0./s1. The van der Waals surface area contributed by atoms with Gasteiger partial charge in [-0.1, -0.05) is 42.5 Å². The summed E-state index contributed by atoms with van der Waals surface area (Å²) in [5.41, 5.74) is 4.57. The van der Waals surface area contributed by atoms with Crippen molar-refractivity contribution < 1.29 is 19.5 Å². The van der Waals surface area contributed by atoms with E-state index in [2.05, 4.69) is 16.5 Å². The lowest BCUT2D eigenvalue weighted by Crippen LogP contribution is -2.20. The molecular weight excluding hydrogens is 454 g/mol. The molecule has 0 saturated carbocycles. The maximum Gasteiger partial charge on any atom is 0.313 e. The third kappa shape index (κ3) is 6.47. The van der Waals surface area contributed by atoms with E-state index >= 15 is 0 Å². The van der Waals surface area contributed by atoms with Gasteiger partial charge in [-0.25, -0.2) is 0 Å². The van der Waals surface area contributed by atoms with Crippen LogP contribution in [0.2, 0.25) is 0 Å². The van der Waals surface area contributed by atoms with Crippen LogP contribution in [0, 0.1) is 0 Å². The Morgan fingerprint density at radius 3 is 2.68 bits per heavy atom. The highest BCUT2D eigenvalue weighted by molar-refractivity contribution is 5.91. The molecule has 7 nitrogen and oxygen atoms in total. The Kier molecular flexibility index (Phi) is 9.27. The molecule has 0 spiro atoms. The minimum atomic E-state index is -0.409. The molecule has 1 fully saturated rings. The minimum absolute atomic E-state index is 0. The van der Waals surface area contributed by atoms with E-state index in [9.17, 15) is 4.79 Å². The smallest absolute Gasteiger partial charge is 0.313 e. The average Bonchev–Trinajstić information content (AvgIpc) is 3.35. The molecule has 0 aliphatic carbocycles. The van der Waals surface area contributed by atoms with Crippen LogP contribution in [0.15, 0.2) is 65.8 Å². The molecule has 3 N–H and O–H groups in total. The summed E-state index contributed by atoms with van der Waals surface area (Å²) in [7, 11) is 0. The first-order valence-electron chi connectivity index (χ1n) is 11.2. The van der Waals surface area contributed by atoms with E-state index in [-0.39, 0.29) is 24.5 Å². The first-order chi connectivity index (χ1) is 16.2. The average molecular weight is 484 g/mol. The van der Waals surface area contributed by atoms with Gasteiger partial charge in [0.15, 0.2) is 0 Å². The first-order valence-corrected chi connectivity index (χ1v) is 11.2. The number of nitrogens with zero attached hydrogens (tertiary/aromatic N) is 1. The summed E-state index contributed by atoms with van der Waals surface area (Å²) < 4.78 is 11.4. The van der Waals surface area contributed by atoms with Crippen molar-refractivity contribution in [2.45, 2.75) is 31.8 Å². The summed E-state index contributed by atoms with van der Waals surface area (Å²) in [5, 5.41) is 17.7. The molecule has 0 aromatic heterocycles. The molecule has 3 aromatic rings. The fourth-order valence-corrected chi connectivity index (χ4v) is 4.14. The van der Waals surface area contributed by atoms with Crippen molar-refractivity contribution >= 4 is 35.4 Å². The van der Waals surface area contributed by atoms with Gasteiger partial charge in [-0.05, 0) is 72.0 Å². The summed E-state index contributed by atoms with van der Waals surface area (Å²) >= 11 is 0. The summed E-state index contributed by atoms with van der Waals surface area (Å²) in [6.45, 7) is 4.00. The number of esters is 1. The Balaban J connectivity index is 0.00000324. The Labute approximate surface area is 205 Å². The number of ether oxygens (including phenoxy) is 2. The third-order valence-electron chi connectivity index (χ3n) is 5.81. The summed E-state index contributed by atoms with van der Waals surface area (Å²) in [6, 6.07) is 19.9. The number of hydrogen-bond acceptors (Lipinski definition) is 7. The van der Waals surface area contributed by atoms with E-state index in [1.165, 1.54) is 0 Å². The molecule has 1 saturated heterocycles. The molecule has 0 amide bonds. The highest BCUT2D eigenvalue weighted by Crippen LogP contribution is 2.27. The third-order valence-corrected chi connectivity index (χ3v) is 5.81. The molecule has 1 aliphatic heterocycles. The molecule has 180 valence electrons. The largest absolute Gasteiger partial charge is 0.489 e. The lowest BCUT2D eigenvalue weighted by Gasteiger charge is -2.18. The molecule has 3 aromatic carbocycles. The molecule has 1 heterocycles. The number of carbonyl (C=O) groups is 1. The summed E-state index contributed by atoms with van der Waals surface area (Å²) in [4.78, 5) is 12.8. The molecule has 4 rings (SSSR count). The van der Waals surface area contributed by atoms with Crippen molar-refractivity contribution in [2.75, 3.05) is 19.7 Å². The number of fused-ring (bicyclic) bond motifs is 1. The van der Waals surface area contributed by atoms with Crippen LogP contribution in [0.1, 0.15) is 36.0 Å². The number of hydrazone groups is 1. The molecule has 2 atom stereocenters. The molecule has 8 heteroatoms. The molecule has 0 radical (unpaired) electrons. The van der Waals surface area contributed by atoms with Gasteiger partial charge in [-0.15, -0.1) is 12.4 Å². The molecule has 1 aliphatic rings. The Morgan fingerprint density at radius 1 is 1.18 bits per heavy atom. The van der Waals surface area contributed by atoms with Crippen molar-refractivity contribution in [1.82, 2.24) is 10.9 Å². The second kappa shape index (κ2) is 12.4. The first kappa shape index (κ1) is 25.5. The van der Waals surface area contributed by atoms with Crippen molar-refractivity contribution in [1.29, 1.82) is 0 Å². The van der Waals surface area contributed by atoms with E-state index < -0.39 is 5.92 Å². The van der Waals surface area contributed by atoms with E-state index in [1.807, 2.05) is 61.5 Å². The van der Waals surface area contributed by atoms with Gasteiger partial charge in [0.1, 0.15) is 11.9 Å². The molecular formula is C26H30ClN3O4. The van der Waals surface area contributed by atoms with Crippen molar-refractivity contribution in [3.8, 4) is 5.75 Å². The highest BCUT2D eigenvalue weighted by atomic mass is 35.5. The Morgan fingerprint density at radius 2 is 1.97 bits per heavy atom. The summed E-state index contributed by atoms with van der Waals surface area (Å²) in [6.07, 6.45) is 3.26. The van der Waals surface area contributed by atoms with Crippen LogP contribution >= 0.6 is 12.4 Å². The second-order valence-corrected chi connectivity index (χ2v) is 8.11. The van der Waals surface area contributed by atoms with Crippen molar-refractivity contribution in [2.24, 2.45) is 5.10 Å². The van der Waals surface area contributed by atoms with E-state index in [1.54, 1.807) is 11.8 Å². The van der Waals surface area contributed by atoms with Gasteiger partial charge in [-0.3, -0.25) is 10.0 Å². The molecule has 0 bridgehead atoms. The van der Waals surface area contributed by atoms with Crippen molar-refractivity contribution in [3.05, 3.63) is 77.4 Å². The van der Waals surface area contributed by atoms with Crippen LogP contribution in [-0.2, 0) is 16.0 Å². The zero-order valence-electron chi connectivity index (χ0n) is 19.1.